The molecule has 0 amide bonds. The summed E-state index contributed by atoms with van der Waals surface area (Å²) >= 11 is 5.38. The molecule has 1 fully saturated rings. The topological polar surface area (TPSA) is 6.48 Å². The standard InChI is InChI=1S/C18H18F2N2S/c19-15-6-7-16(17(20)12-15)18(23)22-10-8-21(9-11-22)13-14-4-2-1-3-5-14/h1-7,12H,8-11,13H2. The molecule has 1 aliphatic rings. The Labute approximate surface area is 140 Å². The molecule has 3 rings (SSSR count). The van der Waals surface area contributed by atoms with E-state index in [-0.39, 0.29) is 0 Å². The van der Waals surface area contributed by atoms with Crippen LogP contribution < -0.4 is 0 Å². The third-order valence-electron chi connectivity index (χ3n) is 4.07. The zero-order valence-corrected chi connectivity index (χ0v) is 13.5. The fourth-order valence-electron chi connectivity index (χ4n) is 2.78. The van der Waals surface area contributed by atoms with Crippen molar-refractivity contribution in [2.24, 2.45) is 0 Å². The van der Waals surface area contributed by atoms with Crippen LogP contribution in [-0.4, -0.2) is 41.0 Å². The van der Waals surface area contributed by atoms with Gasteiger partial charge in [0.25, 0.3) is 0 Å². The predicted octanol–water partition coefficient (Wildman–Crippen LogP) is 3.46. The first-order valence-electron chi connectivity index (χ1n) is 7.64. The molecule has 23 heavy (non-hydrogen) atoms. The first-order valence-corrected chi connectivity index (χ1v) is 8.05. The molecule has 0 unspecified atom stereocenters. The normalized spacial score (nSPS) is 15.7. The number of benzene rings is 2. The van der Waals surface area contributed by atoms with Crippen molar-refractivity contribution in [2.75, 3.05) is 26.2 Å². The van der Waals surface area contributed by atoms with E-state index in [1.807, 2.05) is 23.1 Å². The highest BCUT2D eigenvalue weighted by Gasteiger charge is 2.21. The lowest BCUT2D eigenvalue weighted by atomic mass is 10.1. The molecular formula is C18H18F2N2S. The third kappa shape index (κ3) is 3.92. The van der Waals surface area contributed by atoms with Gasteiger partial charge in [-0.2, -0.15) is 0 Å². The maximum atomic E-state index is 13.9. The summed E-state index contributed by atoms with van der Waals surface area (Å²) in [6, 6.07) is 13.9. The SMILES string of the molecule is Fc1ccc(C(=S)N2CCN(Cc3ccccc3)CC2)c(F)c1. The van der Waals surface area contributed by atoms with Crippen LogP contribution in [0.25, 0.3) is 0 Å². The summed E-state index contributed by atoms with van der Waals surface area (Å²) in [4.78, 5) is 4.81. The van der Waals surface area contributed by atoms with Crippen molar-refractivity contribution in [3.63, 3.8) is 0 Å². The zero-order chi connectivity index (χ0) is 16.2. The predicted molar refractivity (Wildman–Crippen MR) is 91.4 cm³/mol. The van der Waals surface area contributed by atoms with Crippen LogP contribution >= 0.6 is 12.2 Å². The number of thiocarbonyl (C=S) groups is 1. The molecule has 0 bridgehead atoms. The van der Waals surface area contributed by atoms with Crippen molar-refractivity contribution in [3.05, 3.63) is 71.3 Å². The lowest BCUT2D eigenvalue weighted by Crippen LogP contribution is -2.48. The van der Waals surface area contributed by atoms with E-state index in [2.05, 4.69) is 17.0 Å². The largest absolute Gasteiger partial charge is 0.360 e. The highest BCUT2D eigenvalue weighted by Crippen LogP contribution is 2.16. The molecule has 1 saturated heterocycles. The van der Waals surface area contributed by atoms with Crippen molar-refractivity contribution in [3.8, 4) is 0 Å². The Bertz CT molecular complexity index is 683. The zero-order valence-electron chi connectivity index (χ0n) is 12.7. The minimum Gasteiger partial charge on any atom is -0.360 e. The molecule has 0 saturated carbocycles. The first-order chi connectivity index (χ1) is 11.1. The van der Waals surface area contributed by atoms with E-state index >= 15 is 0 Å². The Morgan fingerprint density at radius 1 is 0.957 bits per heavy atom. The van der Waals surface area contributed by atoms with E-state index in [1.54, 1.807) is 0 Å². The highest BCUT2D eigenvalue weighted by atomic mass is 32.1. The van der Waals surface area contributed by atoms with Gasteiger partial charge in [-0.25, -0.2) is 8.78 Å². The average molecular weight is 332 g/mol. The lowest BCUT2D eigenvalue weighted by molar-refractivity contribution is 0.177. The van der Waals surface area contributed by atoms with Crippen LogP contribution in [0.4, 0.5) is 8.78 Å². The molecule has 5 heteroatoms. The molecule has 1 heterocycles. The monoisotopic (exact) mass is 332 g/mol. The van der Waals surface area contributed by atoms with Gasteiger partial charge in [-0.15, -0.1) is 0 Å². The minimum absolute atomic E-state index is 0.304. The smallest absolute Gasteiger partial charge is 0.136 e. The minimum atomic E-state index is -0.596. The van der Waals surface area contributed by atoms with E-state index in [1.165, 1.54) is 17.7 Å². The van der Waals surface area contributed by atoms with Crippen molar-refractivity contribution < 1.29 is 8.78 Å². The molecule has 0 N–H and O–H groups in total. The van der Waals surface area contributed by atoms with Gasteiger partial charge in [0, 0.05) is 44.4 Å². The van der Waals surface area contributed by atoms with E-state index in [0.29, 0.717) is 10.6 Å². The van der Waals surface area contributed by atoms with Gasteiger partial charge in [-0.05, 0) is 17.7 Å². The Kier molecular flexibility index (Phi) is 4.98. The van der Waals surface area contributed by atoms with E-state index in [0.717, 1.165) is 38.8 Å². The summed E-state index contributed by atoms with van der Waals surface area (Å²) < 4.78 is 26.9. The second-order valence-corrected chi connectivity index (χ2v) is 6.06. The second-order valence-electron chi connectivity index (χ2n) is 5.68. The van der Waals surface area contributed by atoms with Crippen LogP contribution in [0.15, 0.2) is 48.5 Å². The number of hydrogen-bond donors (Lipinski definition) is 0. The van der Waals surface area contributed by atoms with E-state index in [9.17, 15) is 8.78 Å². The molecule has 0 aliphatic carbocycles. The summed E-state index contributed by atoms with van der Waals surface area (Å²) in [5, 5.41) is 0. The van der Waals surface area contributed by atoms with Crippen LogP contribution in [0.5, 0.6) is 0 Å². The van der Waals surface area contributed by atoms with Crippen molar-refractivity contribution >= 4 is 17.2 Å². The fraction of sp³-hybridized carbons (Fsp3) is 0.278. The van der Waals surface area contributed by atoms with Crippen molar-refractivity contribution in [1.29, 1.82) is 0 Å². The molecule has 2 nitrogen and oxygen atoms in total. The van der Waals surface area contributed by atoms with Gasteiger partial charge in [0.15, 0.2) is 0 Å². The molecule has 2 aromatic rings. The fourth-order valence-corrected chi connectivity index (χ4v) is 3.13. The van der Waals surface area contributed by atoms with Crippen LogP contribution in [0.2, 0.25) is 0 Å². The van der Waals surface area contributed by atoms with E-state index in [4.69, 9.17) is 12.2 Å². The Morgan fingerprint density at radius 3 is 2.30 bits per heavy atom. The second kappa shape index (κ2) is 7.15. The molecule has 0 radical (unpaired) electrons. The lowest BCUT2D eigenvalue weighted by Gasteiger charge is -2.36. The summed E-state index contributed by atoms with van der Waals surface area (Å²) in [7, 11) is 0. The number of nitrogens with zero attached hydrogens (tertiary/aromatic N) is 2. The number of rotatable bonds is 3. The summed E-state index contributed by atoms with van der Waals surface area (Å²) in [5.74, 6) is -1.18. The van der Waals surface area contributed by atoms with Gasteiger partial charge in [0.1, 0.15) is 16.6 Å². The number of halogens is 2. The molecule has 0 spiro atoms. The summed E-state index contributed by atoms with van der Waals surface area (Å²) in [6.07, 6.45) is 0. The van der Waals surface area contributed by atoms with Gasteiger partial charge < -0.3 is 4.90 Å². The maximum absolute atomic E-state index is 13.9. The highest BCUT2D eigenvalue weighted by molar-refractivity contribution is 7.80. The number of piperazine rings is 1. The third-order valence-corrected chi connectivity index (χ3v) is 4.55. The number of hydrogen-bond acceptors (Lipinski definition) is 2. The van der Waals surface area contributed by atoms with Crippen LogP contribution in [0.1, 0.15) is 11.1 Å². The summed E-state index contributed by atoms with van der Waals surface area (Å²) in [5.41, 5.74) is 1.59. The van der Waals surface area contributed by atoms with Crippen molar-refractivity contribution in [1.82, 2.24) is 9.80 Å². The quantitative estimate of drug-likeness (QED) is 0.795. The molecular weight excluding hydrogens is 314 g/mol. The van der Waals surface area contributed by atoms with Gasteiger partial charge in [0.2, 0.25) is 0 Å². The molecule has 0 atom stereocenters. The first kappa shape index (κ1) is 16.0. The summed E-state index contributed by atoms with van der Waals surface area (Å²) in [6.45, 7) is 4.16. The van der Waals surface area contributed by atoms with Crippen molar-refractivity contribution in [2.45, 2.75) is 6.54 Å². The van der Waals surface area contributed by atoms with Crippen LogP contribution in [0.3, 0.4) is 0 Å². The van der Waals surface area contributed by atoms with Gasteiger partial charge in [-0.1, -0.05) is 42.5 Å². The molecule has 120 valence electrons. The maximum Gasteiger partial charge on any atom is 0.136 e. The van der Waals surface area contributed by atoms with E-state index < -0.39 is 11.6 Å². The van der Waals surface area contributed by atoms with Gasteiger partial charge in [0.05, 0.1) is 0 Å². The molecule has 2 aromatic carbocycles. The van der Waals surface area contributed by atoms with Crippen LogP contribution in [0, 0.1) is 11.6 Å². The Hall–Kier alpha value is -1.85. The molecule has 0 aromatic heterocycles. The van der Waals surface area contributed by atoms with Crippen LogP contribution in [-0.2, 0) is 6.54 Å². The molecule has 1 aliphatic heterocycles. The Morgan fingerprint density at radius 2 is 1.65 bits per heavy atom. The Balaban J connectivity index is 1.59. The van der Waals surface area contributed by atoms with Gasteiger partial charge in [-0.3, -0.25) is 4.90 Å². The average Bonchev–Trinajstić information content (AvgIpc) is 2.56. The van der Waals surface area contributed by atoms with Gasteiger partial charge >= 0.3 is 0 Å².